The van der Waals surface area contributed by atoms with E-state index < -0.39 is 0 Å². The average Bonchev–Trinajstić information content (AvgIpc) is 2.60. The summed E-state index contributed by atoms with van der Waals surface area (Å²) in [5, 5.41) is 12.0. The van der Waals surface area contributed by atoms with Gasteiger partial charge in [0, 0.05) is 19.5 Å². The van der Waals surface area contributed by atoms with Crippen LogP contribution in [0.1, 0.15) is 23.6 Å². The third-order valence-corrected chi connectivity index (χ3v) is 3.77. The summed E-state index contributed by atoms with van der Waals surface area (Å²) in [5.74, 6) is 0.00694. The Kier molecular flexibility index (Phi) is 6.78. The first kappa shape index (κ1) is 17.2. The Labute approximate surface area is 137 Å². The van der Waals surface area contributed by atoms with Crippen molar-refractivity contribution in [3.05, 3.63) is 71.8 Å². The van der Waals surface area contributed by atoms with E-state index in [1.807, 2.05) is 72.6 Å². The second kappa shape index (κ2) is 9.08. The topological polar surface area (TPSA) is 52.6 Å². The van der Waals surface area contributed by atoms with Crippen LogP contribution >= 0.6 is 0 Å². The summed E-state index contributed by atoms with van der Waals surface area (Å²) in [6, 6.07) is 19.8. The predicted molar refractivity (Wildman–Crippen MR) is 92.1 cm³/mol. The lowest BCUT2D eigenvalue weighted by Gasteiger charge is -2.21. The Bertz CT molecular complexity index is 547. The minimum atomic E-state index is -0.145. The van der Waals surface area contributed by atoms with Gasteiger partial charge in [-0.15, -0.1) is 0 Å². The largest absolute Gasteiger partial charge is 0.395 e. The number of carbonyl (C=O) groups is 1. The number of hydrogen-bond donors (Lipinski definition) is 2. The van der Waals surface area contributed by atoms with Crippen molar-refractivity contribution in [2.24, 2.45) is 0 Å². The summed E-state index contributed by atoms with van der Waals surface area (Å²) in [6.07, 6.45) is 0.409. The molecular formula is C19H24N2O2. The molecule has 0 saturated heterocycles. The van der Waals surface area contributed by atoms with Crippen molar-refractivity contribution in [2.45, 2.75) is 12.5 Å². The van der Waals surface area contributed by atoms with E-state index in [4.69, 9.17) is 5.11 Å². The van der Waals surface area contributed by atoms with Crippen molar-refractivity contribution in [1.82, 2.24) is 10.2 Å². The maximum absolute atomic E-state index is 12.3. The lowest BCUT2D eigenvalue weighted by molar-refractivity contribution is -0.121. The van der Waals surface area contributed by atoms with Gasteiger partial charge < -0.3 is 15.3 Å². The molecule has 0 saturated carbocycles. The number of aliphatic hydroxyl groups excluding tert-OH is 1. The molecule has 0 aliphatic rings. The van der Waals surface area contributed by atoms with Crippen molar-refractivity contribution in [1.29, 1.82) is 0 Å². The van der Waals surface area contributed by atoms with Gasteiger partial charge in [-0.05, 0) is 18.2 Å². The van der Waals surface area contributed by atoms with Crippen LogP contribution in [0.5, 0.6) is 0 Å². The normalized spacial score (nSPS) is 11.0. The summed E-state index contributed by atoms with van der Waals surface area (Å²) in [6.45, 7) is 1.31. The van der Waals surface area contributed by atoms with Crippen LogP contribution in [0.25, 0.3) is 0 Å². The lowest BCUT2D eigenvalue weighted by atomic mass is 9.98. The zero-order chi connectivity index (χ0) is 16.5. The number of benzene rings is 2. The first-order valence-electron chi connectivity index (χ1n) is 7.89. The number of hydrogen-bond acceptors (Lipinski definition) is 3. The summed E-state index contributed by atoms with van der Waals surface area (Å²) < 4.78 is 0. The number of aliphatic hydroxyl groups is 1. The quantitative estimate of drug-likeness (QED) is 0.786. The van der Waals surface area contributed by atoms with Gasteiger partial charge >= 0.3 is 0 Å². The number of nitrogens with one attached hydrogen (secondary N) is 1. The van der Waals surface area contributed by atoms with E-state index in [2.05, 4.69) is 5.32 Å². The second-order valence-corrected chi connectivity index (χ2v) is 5.60. The molecule has 0 bridgehead atoms. The minimum absolute atomic E-state index is 0.00694. The first-order chi connectivity index (χ1) is 11.2. The van der Waals surface area contributed by atoms with Crippen molar-refractivity contribution in [3.63, 3.8) is 0 Å². The van der Waals surface area contributed by atoms with Crippen molar-refractivity contribution in [3.8, 4) is 0 Å². The number of amides is 1. The molecule has 23 heavy (non-hydrogen) atoms. The third-order valence-electron chi connectivity index (χ3n) is 3.77. The molecule has 0 atom stereocenters. The maximum Gasteiger partial charge on any atom is 0.222 e. The Morgan fingerprint density at radius 2 is 1.52 bits per heavy atom. The van der Waals surface area contributed by atoms with Gasteiger partial charge in [0.1, 0.15) is 0 Å². The summed E-state index contributed by atoms with van der Waals surface area (Å²) in [4.78, 5) is 14.3. The molecule has 4 heteroatoms. The van der Waals surface area contributed by atoms with Crippen LogP contribution in [0.15, 0.2) is 60.7 Å². The van der Waals surface area contributed by atoms with Crippen molar-refractivity contribution in [2.75, 3.05) is 26.7 Å². The Morgan fingerprint density at radius 3 is 2.00 bits per heavy atom. The molecule has 0 radical (unpaired) electrons. The molecule has 0 aliphatic carbocycles. The highest BCUT2D eigenvalue weighted by molar-refractivity contribution is 5.77. The molecule has 122 valence electrons. The lowest BCUT2D eigenvalue weighted by Crippen LogP contribution is -2.33. The standard InChI is InChI=1S/C19H24N2O2/c1-21(14-15-22)13-12-18(23)20-19(16-8-4-2-5-9-16)17-10-6-3-7-11-17/h2-11,19,22H,12-15H2,1H3,(H,20,23). The first-order valence-corrected chi connectivity index (χ1v) is 7.89. The van der Waals surface area contributed by atoms with Gasteiger partial charge in [-0.1, -0.05) is 60.7 Å². The Hall–Kier alpha value is -2.17. The van der Waals surface area contributed by atoms with E-state index in [0.717, 1.165) is 11.1 Å². The summed E-state index contributed by atoms with van der Waals surface area (Å²) >= 11 is 0. The Morgan fingerprint density at radius 1 is 1.00 bits per heavy atom. The summed E-state index contributed by atoms with van der Waals surface area (Å²) in [5.41, 5.74) is 2.13. The second-order valence-electron chi connectivity index (χ2n) is 5.60. The van der Waals surface area contributed by atoms with Gasteiger partial charge in [-0.3, -0.25) is 4.79 Å². The van der Waals surface area contributed by atoms with E-state index in [9.17, 15) is 4.79 Å². The molecule has 2 aromatic rings. The molecule has 0 fully saturated rings. The number of likely N-dealkylation sites (N-methyl/N-ethyl adjacent to an activating group) is 1. The molecule has 0 spiro atoms. The molecule has 0 aromatic heterocycles. The molecule has 2 N–H and O–H groups in total. The van der Waals surface area contributed by atoms with E-state index in [0.29, 0.717) is 19.5 Å². The van der Waals surface area contributed by atoms with Crippen molar-refractivity contribution >= 4 is 5.91 Å². The SMILES string of the molecule is CN(CCO)CCC(=O)NC(c1ccccc1)c1ccccc1. The zero-order valence-corrected chi connectivity index (χ0v) is 13.5. The minimum Gasteiger partial charge on any atom is -0.395 e. The highest BCUT2D eigenvalue weighted by Gasteiger charge is 2.16. The van der Waals surface area contributed by atoms with Crippen molar-refractivity contribution < 1.29 is 9.90 Å². The predicted octanol–water partition coefficient (Wildman–Crippen LogP) is 2.21. The highest BCUT2D eigenvalue weighted by Crippen LogP contribution is 2.21. The summed E-state index contributed by atoms with van der Waals surface area (Å²) in [7, 11) is 1.90. The van der Waals surface area contributed by atoms with E-state index in [1.54, 1.807) is 0 Å². The fourth-order valence-electron chi connectivity index (χ4n) is 2.46. The molecule has 2 rings (SSSR count). The van der Waals surface area contributed by atoms with E-state index in [-0.39, 0.29) is 18.6 Å². The van der Waals surface area contributed by atoms with Gasteiger partial charge in [0.15, 0.2) is 0 Å². The molecule has 0 unspecified atom stereocenters. The van der Waals surface area contributed by atoms with E-state index in [1.165, 1.54) is 0 Å². The fourth-order valence-corrected chi connectivity index (χ4v) is 2.46. The van der Waals surface area contributed by atoms with Crippen LogP contribution in [0.3, 0.4) is 0 Å². The fraction of sp³-hybridized carbons (Fsp3) is 0.316. The van der Waals surface area contributed by atoms with Crippen LogP contribution < -0.4 is 5.32 Å². The molecule has 0 aliphatic heterocycles. The van der Waals surface area contributed by atoms with Crippen LogP contribution in [-0.4, -0.2) is 42.7 Å². The average molecular weight is 312 g/mol. The Balaban J connectivity index is 2.05. The van der Waals surface area contributed by atoms with Gasteiger partial charge in [0.2, 0.25) is 5.91 Å². The maximum atomic E-state index is 12.3. The number of rotatable bonds is 8. The molecule has 0 heterocycles. The molecule has 2 aromatic carbocycles. The van der Waals surface area contributed by atoms with E-state index >= 15 is 0 Å². The van der Waals surface area contributed by atoms with Gasteiger partial charge in [0.05, 0.1) is 12.6 Å². The van der Waals surface area contributed by atoms with Gasteiger partial charge in [0.25, 0.3) is 0 Å². The monoisotopic (exact) mass is 312 g/mol. The number of nitrogens with zero attached hydrogens (tertiary/aromatic N) is 1. The number of carbonyl (C=O) groups excluding carboxylic acids is 1. The van der Waals surface area contributed by atoms with Crippen LogP contribution in [0, 0.1) is 0 Å². The molecule has 1 amide bonds. The van der Waals surface area contributed by atoms with Gasteiger partial charge in [-0.25, -0.2) is 0 Å². The van der Waals surface area contributed by atoms with Crippen LogP contribution in [0.2, 0.25) is 0 Å². The smallest absolute Gasteiger partial charge is 0.222 e. The van der Waals surface area contributed by atoms with Crippen LogP contribution in [-0.2, 0) is 4.79 Å². The van der Waals surface area contributed by atoms with Crippen LogP contribution in [0.4, 0.5) is 0 Å². The highest BCUT2D eigenvalue weighted by atomic mass is 16.3. The molecule has 4 nitrogen and oxygen atoms in total. The molecular weight excluding hydrogens is 288 g/mol. The van der Waals surface area contributed by atoms with Gasteiger partial charge in [-0.2, -0.15) is 0 Å². The third kappa shape index (κ3) is 5.51. The zero-order valence-electron chi connectivity index (χ0n) is 13.5.